The highest BCUT2D eigenvalue weighted by molar-refractivity contribution is 6.34. The van der Waals surface area contributed by atoms with E-state index >= 15 is 0 Å². The molecule has 1 N–H and O–H groups in total. The third-order valence-electron chi connectivity index (χ3n) is 5.76. The highest BCUT2D eigenvalue weighted by atomic mass is 35.5. The van der Waals surface area contributed by atoms with Crippen LogP contribution in [-0.2, 0) is 7.05 Å². The number of carbonyl (C=O) groups excluding carboxylic acids is 1. The van der Waals surface area contributed by atoms with Gasteiger partial charge in [-0.2, -0.15) is 5.10 Å². The van der Waals surface area contributed by atoms with Crippen molar-refractivity contribution in [3.05, 3.63) is 16.4 Å². The first-order valence-electron chi connectivity index (χ1n) is 8.19. The normalized spacial score (nSPS) is 28.7. The predicted octanol–water partition coefficient (Wildman–Crippen LogP) is 1.30. The maximum absolute atomic E-state index is 12.8. The highest BCUT2D eigenvalue weighted by Gasteiger charge is 2.47. The van der Waals surface area contributed by atoms with Crippen molar-refractivity contribution in [3.8, 4) is 0 Å². The van der Waals surface area contributed by atoms with Crippen LogP contribution in [0.2, 0.25) is 5.02 Å². The van der Waals surface area contributed by atoms with Gasteiger partial charge in [-0.3, -0.25) is 9.48 Å². The Balaban J connectivity index is 1.83. The number of aliphatic hydroxyl groups excluding tert-OH is 1. The summed E-state index contributed by atoms with van der Waals surface area (Å²) in [6, 6.07) is 0.197. The minimum atomic E-state index is -0.107. The Labute approximate surface area is 142 Å². The Morgan fingerprint density at radius 1 is 1.39 bits per heavy atom. The van der Waals surface area contributed by atoms with Gasteiger partial charge in [0.1, 0.15) is 0 Å². The maximum atomic E-state index is 12.8. The van der Waals surface area contributed by atoms with Crippen molar-refractivity contribution in [3.63, 3.8) is 0 Å². The highest BCUT2D eigenvalue weighted by Crippen LogP contribution is 2.41. The van der Waals surface area contributed by atoms with Crippen LogP contribution in [0.15, 0.2) is 0 Å². The van der Waals surface area contributed by atoms with E-state index in [0.29, 0.717) is 23.8 Å². The second-order valence-electron chi connectivity index (χ2n) is 6.99. The number of fused-ring (bicyclic) bond motifs is 1. The van der Waals surface area contributed by atoms with Crippen molar-refractivity contribution in [1.29, 1.82) is 0 Å². The van der Waals surface area contributed by atoms with Gasteiger partial charge in [-0.25, -0.2) is 0 Å². The molecule has 0 spiro atoms. The summed E-state index contributed by atoms with van der Waals surface area (Å²) < 4.78 is 1.64. The van der Waals surface area contributed by atoms with Crippen LogP contribution in [0.25, 0.3) is 0 Å². The number of likely N-dealkylation sites (N-methyl/N-ethyl adjacent to an activating group) is 1. The van der Waals surface area contributed by atoms with Gasteiger partial charge >= 0.3 is 0 Å². The molecule has 23 heavy (non-hydrogen) atoms. The largest absolute Gasteiger partial charge is 0.396 e. The zero-order valence-corrected chi connectivity index (χ0v) is 14.8. The topological polar surface area (TPSA) is 61.6 Å². The fraction of sp³-hybridized carbons (Fsp3) is 0.750. The summed E-state index contributed by atoms with van der Waals surface area (Å²) in [6.07, 6.45) is 2.96. The van der Waals surface area contributed by atoms with Crippen LogP contribution >= 0.6 is 11.6 Å². The molecule has 1 amide bonds. The summed E-state index contributed by atoms with van der Waals surface area (Å²) in [5.74, 6) is -0.107. The molecule has 3 heterocycles. The van der Waals surface area contributed by atoms with Gasteiger partial charge in [0.15, 0.2) is 5.69 Å². The summed E-state index contributed by atoms with van der Waals surface area (Å²) in [4.78, 5) is 17.0. The summed E-state index contributed by atoms with van der Waals surface area (Å²) in [6.45, 7) is 4.33. The van der Waals surface area contributed by atoms with Crippen LogP contribution in [0, 0.1) is 12.3 Å². The molecule has 0 bridgehead atoms. The Hall–Kier alpha value is -1.11. The van der Waals surface area contributed by atoms with Crippen molar-refractivity contribution in [1.82, 2.24) is 19.6 Å². The summed E-state index contributed by atoms with van der Waals surface area (Å²) in [5, 5.41) is 14.7. The number of amides is 1. The number of carbonyl (C=O) groups is 1. The van der Waals surface area contributed by atoms with E-state index < -0.39 is 0 Å². The van der Waals surface area contributed by atoms with E-state index in [4.69, 9.17) is 11.6 Å². The monoisotopic (exact) mass is 340 g/mol. The van der Waals surface area contributed by atoms with E-state index in [2.05, 4.69) is 17.0 Å². The van der Waals surface area contributed by atoms with Gasteiger partial charge in [-0.05, 0) is 39.8 Å². The minimum Gasteiger partial charge on any atom is -0.396 e. The molecule has 6 nitrogen and oxygen atoms in total. The van der Waals surface area contributed by atoms with Gasteiger partial charge in [-0.15, -0.1) is 0 Å². The average Bonchev–Trinajstić information content (AvgIpc) is 2.81. The molecule has 128 valence electrons. The first-order chi connectivity index (χ1) is 10.9. The quantitative estimate of drug-likeness (QED) is 0.881. The van der Waals surface area contributed by atoms with Crippen LogP contribution in [0.3, 0.4) is 0 Å². The van der Waals surface area contributed by atoms with Gasteiger partial charge in [0.25, 0.3) is 5.91 Å². The van der Waals surface area contributed by atoms with Gasteiger partial charge in [0, 0.05) is 31.6 Å². The molecule has 0 aromatic carbocycles. The van der Waals surface area contributed by atoms with E-state index in [1.54, 1.807) is 11.7 Å². The molecule has 0 aliphatic carbocycles. The Morgan fingerprint density at radius 3 is 2.74 bits per heavy atom. The molecule has 2 aliphatic rings. The van der Waals surface area contributed by atoms with E-state index in [1.165, 1.54) is 0 Å². The maximum Gasteiger partial charge on any atom is 0.275 e. The smallest absolute Gasteiger partial charge is 0.275 e. The van der Waals surface area contributed by atoms with E-state index in [-0.39, 0.29) is 24.0 Å². The molecule has 2 atom stereocenters. The van der Waals surface area contributed by atoms with E-state index in [1.807, 2.05) is 11.8 Å². The van der Waals surface area contributed by atoms with Crippen LogP contribution in [0.4, 0.5) is 0 Å². The molecule has 3 rings (SSSR count). The lowest BCUT2D eigenvalue weighted by Crippen LogP contribution is -2.62. The summed E-state index contributed by atoms with van der Waals surface area (Å²) >= 11 is 6.27. The summed E-state index contributed by atoms with van der Waals surface area (Å²) in [5.41, 5.74) is 1.06. The van der Waals surface area contributed by atoms with E-state index in [9.17, 15) is 9.90 Å². The van der Waals surface area contributed by atoms with Gasteiger partial charge in [0.05, 0.1) is 17.3 Å². The van der Waals surface area contributed by atoms with Crippen molar-refractivity contribution >= 4 is 17.5 Å². The second-order valence-corrected chi connectivity index (χ2v) is 7.37. The molecule has 0 radical (unpaired) electrons. The van der Waals surface area contributed by atoms with E-state index in [0.717, 1.165) is 31.5 Å². The Kier molecular flexibility index (Phi) is 4.42. The molecular formula is C16H25ClN4O2. The van der Waals surface area contributed by atoms with Gasteiger partial charge in [0.2, 0.25) is 0 Å². The fourth-order valence-electron chi connectivity index (χ4n) is 4.07. The molecule has 7 heteroatoms. The average molecular weight is 341 g/mol. The summed E-state index contributed by atoms with van der Waals surface area (Å²) in [7, 11) is 3.88. The number of hydrogen-bond acceptors (Lipinski definition) is 4. The number of aliphatic hydroxyl groups is 1. The fourth-order valence-corrected chi connectivity index (χ4v) is 4.31. The van der Waals surface area contributed by atoms with Crippen molar-refractivity contribution in [2.24, 2.45) is 12.5 Å². The molecule has 0 saturated carbocycles. The van der Waals surface area contributed by atoms with Gasteiger partial charge < -0.3 is 14.9 Å². The molecular weight excluding hydrogens is 316 g/mol. The lowest BCUT2D eigenvalue weighted by molar-refractivity contribution is -0.0602. The zero-order chi connectivity index (χ0) is 16.8. The number of aryl methyl sites for hydroxylation is 1. The Morgan fingerprint density at radius 2 is 2.13 bits per heavy atom. The number of nitrogens with zero attached hydrogens (tertiary/aromatic N) is 4. The molecule has 1 aromatic heterocycles. The number of piperidine rings is 2. The number of hydrogen-bond donors (Lipinski definition) is 1. The van der Waals surface area contributed by atoms with Crippen LogP contribution in [-0.4, -0.2) is 69.9 Å². The van der Waals surface area contributed by atoms with Crippen LogP contribution in [0.1, 0.15) is 35.4 Å². The third kappa shape index (κ3) is 2.66. The number of likely N-dealkylation sites (tertiary alicyclic amines) is 2. The van der Waals surface area contributed by atoms with Crippen molar-refractivity contribution in [2.75, 3.05) is 33.3 Å². The number of halogens is 1. The first kappa shape index (κ1) is 16.7. The predicted molar refractivity (Wildman–Crippen MR) is 88.6 cm³/mol. The van der Waals surface area contributed by atoms with Crippen molar-refractivity contribution < 1.29 is 9.90 Å². The minimum absolute atomic E-state index is 0.0758. The van der Waals surface area contributed by atoms with Crippen LogP contribution in [0.5, 0.6) is 0 Å². The number of aromatic nitrogens is 2. The first-order valence-corrected chi connectivity index (χ1v) is 8.57. The second kappa shape index (κ2) is 6.07. The molecule has 2 aliphatic heterocycles. The molecule has 2 saturated heterocycles. The molecule has 0 unspecified atom stereocenters. The molecule has 2 fully saturated rings. The molecule has 1 aromatic rings. The third-order valence-corrected chi connectivity index (χ3v) is 6.22. The zero-order valence-electron chi connectivity index (χ0n) is 14.0. The standard InChI is InChI=1S/C16H25ClN4O2/c1-11-13(17)14(18-20(11)3)15(23)21-8-6-16(10-22)5-4-7-19(2)12(16)9-21/h12,22H,4-10H2,1-3H3/t12-,16-/m1/s1. The Bertz CT molecular complexity index is 617. The number of rotatable bonds is 2. The van der Waals surface area contributed by atoms with Crippen LogP contribution < -0.4 is 0 Å². The lowest BCUT2D eigenvalue weighted by Gasteiger charge is -2.53. The lowest BCUT2D eigenvalue weighted by atomic mass is 9.69. The van der Waals surface area contributed by atoms with Crippen molar-refractivity contribution in [2.45, 2.75) is 32.2 Å². The van der Waals surface area contributed by atoms with Gasteiger partial charge in [-0.1, -0.05) is 11.6 Å². The SMILES string of the molecule is Cc1c(Cl)c(C(=O)N2CC[C@@]3(CO)CCCN(C)[C@@H]3C2)nn1C.